The molecule has 0 saturated carbocycles. The lowest BCUT2D eigenvalue weighted by molar-refractivity contribution is -0.115. The van der Waals surface area contributed by atoms with Gasteiger partial charge in [-0.05, 0) is 17.7 Å². The van der Waals surface area contributed by atoms with Gasteiger partial charge in [0.2, 0.25) is 5.91 Å². The molecule has 0 atom stereocenters. The normalized spacial score (nSPS) is 12.7. The molecule has 0 unspecified atom stereocenters. The summed E-state index contributed by atoms with van der Waals surface area (Å²) in [6.45, 7) is 0.947. The van der Waals surface area contributed by atoms with Crippen LogP contribution in [-0.2, 0) is 29.2 Å². The van der Waals surface area contributed by atoms with Gasteiger partial charge in [0.05, 0.1) is 38.1 Å². The van der Waals surface area contributed by atoms with Crippen LogP contribution < -0.4 is 15.8 Å². The number of amides is 1. The number of aromatic nitrogens is 3. The largest absolute Gasteiger partial charge is 0.494 e. The maximum atomic E-state index is 12.5. The van der Waals surface area contributed by atoms with E-state index >= 15 is 0 Å². The van der Waals surface area contributed by atoms with E-state index in [0.29, 0.717) is 30.5 Å². The third kappa shape index (κ3) is 3.36. The fourth-order valence-corrected chi connectivity index (χ4v) is 3.98. The Kier molecular flexibility index (Phi) is 4.76. The first kappa shape index (κ1) is 19.1. The minimum absolute atomic E-state index is 0.115. The van der Waals surface area contributed by atoms with Crippen LogP contribution in [0.3, 0.4) is 0 Å². The zero-order valence-electron chi connectivity index (χ0n) is 17.0. The highest BCUT2D eigenvalue weighted by atomic mass is 16.5. The van der Waals surface area contributed by atoms with Crippen molar-refractivity contribution < 1.29 is 14.3 Å². The van der Waals surface area contributed by atoms with Crippen LogP contribution in [0, 0.1) is 0 Å². The second-order valence-electron chi connectivity index (χ2n) is 7.30. The fraction of sp³-hybridized carbons (Fsp3) is 0.174. The lowest BCUT2D eigenvalue weighted by Gasteiger charge is -2.15. The summed E-state index contributed by atoms with van der Waals surface area (Å²) in [5.41, 5.74) is 12.1. The molecule has 8 nitrogen and oxygen atoms in total. The van der Waals surface area contributed by atoms with Gasteiger partial charge in [0.1, 0.15) is 23.1 Å². The molecule has 0 aliphatic carbocycles. The van der Waals surface area contributed by atoms with Gasteiger partial charge in [-0.2, -0.15) is 0 Å². The monoisotopic (exact) mass is 415 g/mol. The second-order valence-corrected chi connectivity index (χ2v) is 7.30. The molecule has 1 amide bonds. The molecule has 0 fully saturated rings. The van der Waals surface area contributed by atoms with Gasteiger partial charge < -0.3 is 25.1 Å². The summed E-state index contributed by atoms with van der Waals surface area (Å²) >= 11 is 0. The van der Waals surface area contributed by atoms with Crippen LogP contribution in [-0.4, -0.2) is 27.6 Å². The van der Waals surface area contributed by atoms with Gasteiger partial charge in [-0.1, -0.05) is 30.3 Å². The molecule has 3 heterocycles. The number of rotatable bonds is 5. The molecule has 156 valence electrons. The van der Waals surface area contributed by atoms with Crippen LogP contribution in [0.1, 0.15) is 16.8 Å². The second kappa shape index (κ2) is 7.73. The molecular formula is C23H21N5O3. The van der Waals surface area contributed by atoms with Crippen molar-refractivity contribution in [2.24, 2.45) is 0 Å². The topological polar surface area (TPSA) is 104 Å². The lowest BCUT2D eigenvalue weighted by atomic mass is 10.1. The van der Waals surface area contributed by atoms with Gasteiger partial charge in [-0.3, -0.25) is 4.79 Å². The molecule has 0 saturated heterocycles. The highest BCUT2D eigenvalue weighted by molar-refractivity contribution is 5.94. The number of nitrogens with one attached hydrogen (secondary N) is 1. The zero-order chi connectivity index (χ0) is 21.4. The molecule has 3 N–H and O–H groups in total. The minimum Gasteiger partial charge on any atom is -0.494 e. The summed E-state index contributed by atoms with van der Waals surface area (Å²) in [5.74, 6) is 0.832. The van der Waals surface area contributed by atoms with Gasteiger partial charge in [0.15, 0.2) is 5.82 Å². The number of ether oxygens (including phenoxy) is 2. The minimum atomic E-state index is -0.115. The van der Waals surface area contributed by atoms with Crippen molar-refractivity contribution in [3.8, 4) is 11.4 Å². The Labute approximate surface area is 178 Å². The molecule has 2 aromatic heterocycles. The van der Waals surface area contributed by atoms with E-state index in [-0.39, 0.29) is 12.3 Å². The highest BCUT2D eigenvalue weighted by Gasteiger charge is 2.26. The SMILES string of the molecule is COc1cc(-n2c3c(c4ncnc(N)c42)COC3)ccc1NC(=O)Cc1ccccc1. The Morgan fingerprint density at radius 1 is 1.19 bits per heavy atom. The van der Waals surface area contributed by atoms with E-state index in [0.717, 1.165) is 33.5 Å². The Morgan fingerprint density at radius 2 is 2.03 bits per heavy atom. The summed E-state index contributed by atoms with van der Waals surface area (Å²) < 4.78 is 13.2. The maximum Gasteiger partial charge on any atom is 0.228 e. The number of nitrogen functional groups attached to an aromatic ring is 1. The number of benzene rings is 2. The third-order valence-corrected chi connectivity index (χ3v) is 5.39. The fourth-order valence-electron chi connectivity index (χ4n) is 3.98. The Balaban J connectivity index is 1.51. The predicted octanol–water partition coefficient (Wildman–Crippen LogP) is 3.22. The molecule has 0 bridgehead atoms. The first-order chi connectivity index (χ1) is 15.2. The summed E-state index contributed by atoms with van der Waals surface area (Å²) in [7, 11) is 1.57. The summed E-state index contributed by atoms with van der Waals surface area (Å²) in [6, 6.07) is 15.2. The average molecular weight is 415 g/mol. The first-order valence-electron chi connectivity index (χ1n) is 9.88. The van der Waals surface area contributed by atoms with E-state index in [1.54, 1.807) is 7.11 Å². The number of nitrogens with zero attached hydrogens (tertiary/aromatic N) is 3. The van der Waals surface area contributed by atoms with Crippen LogP contribution in [0.25, 0.3) is 16.7 Å². The van der Waals surface area contributed by atoms with Crippen molar-refractivity contribution in [3.63, 3.8) is 0 Å². The smallest absolute Gasteiger partial charge is 0.228 e. The molecule has 1 aliphatic rings. The van der Waals surface area contributed by atoms with Crippen molar-refractivity contribution in [2.75, 3.05) is 18.2 Å². The molecule has 31 heavy (non-hydrogen) atoms. The van der Waals surface area contributed by atoms with Crippen molar-refractivity contribution >= 4 is 28.4 Å². The van der Waals surface area contributed by atoms with Gasteiger partial charge in [0, 0.05) is 17.3 Å². The number of carbonyl (C=O) groups is 1. The summed E-state index contributed by atoms with van der Waals surface area (Å²) in [6.07, 6.45) is 1.75. The summed E-state index contributed by atoms with van der Waals surface area (Å²) in [4.78, 5) is 21.1. The van der Waals surface area contributed by atoms with Gasteiger partial charge in [-0.25, -0.2) is 9.97 Å². The maximum absolute atomic E-state index is 12.5. The number of hydrogen-bond acceptors (Lipinski definition) is 6. The quantitative estimate of drug-likeness (QED) is 0.519. The number of fused-ring (bicyclic) bond motifs is 3. The summed E-state index contributed by atoms with van der Waals surface area (Å²) in [5, 5.41) is 2.94. The van der Waals surface area contributed by atoms with E-state index < -0.39 is 0 Å². The van der Waals surface area contributed by atoms with Gasteiger partial charge in [-0.15, -0.1) is 0 Å². The van der Waals surface area contributed by atoms with Crippen LogP contribution in [0.5, 0.6) is 5.75 Å². The lowest BCUT2D eigenvalue weighted by Crippen LogP contribution is -2.15. The van der Waals surface area contributed by atoms with E-state index in [4.69, 9.17) is 15.2 Å². The number of nitrogens with two attached hydrogens (primary N) is 1. The van der Waals surface area contributed by atoms with Crippen molar-refractivity contribution in [1.29, 1.82) is 0 Å². The van der Waals surface area contributed by atoms with E-state index in [9.17, 15) is 4.79 Å². The van der Waals surface area contributed by atoms with E-state index in [1.165, 1.54) is 6.33 Å². The number of anilines is 2. The predicted molar refractivity (Wildman–Crippen MR) is 117 cm³/mol. The van der Waals surface area contributed by atoms with Gasteiger partial charge >= 0.3 is 0 Å². The van der Waals surface area contributed by atoms with Crippen molar-refractivity contribution in [2.45, 2.75) is 19.6 Å². The number of hydrogen-bond donors (Lipinski definition) is 2. The third-order valence-electron chi connectivity index (χ3n) is 5.39. The van der Waals surface area contributed by atoms with Crippen LogP contribution in [0.15, 0.2) is 54.9 Å². The van der Waals surface area contributed by atoms with Crippen molar-refractivity contribution in [1.82, 2.24) is 14.5 Å². The van der Waals surface area contributed by atoms with Crippen molar-refractivity contribution in [3.05, 3.63) is 71.7 Å². The van der Waals surface area contributed by atoms with Crippen LogP contribution in [0.2, 0.25) is 0 Å². The van der Waals surface area contributed by atoms with Gasteiger partial charge in [0.25, 0.3) is 0 Å². The molecule has 5 rings (SSSR count). The molecule has 0 spiro atoms. The standard InChI is InChI=1S/C23H21N5O3/c1-30-19-10-15(7-8-17(19)27-20(29)9-14-5-3-2-4-6-14)28-18-12-31-11-16(18)21-22(28)23(24)26-13-25-21/h2-8,10,13H,9,11-12H2,1H3,(H,27,29)(H2,24,25,26). The number of methoxy groups -OCH3 is 1. The Bertz CT molecular complexity index is 1280. The van der Waals surface area contributed by atoms with Crippen LogP contribution in [0.4, 0.5) is 11.5 Å². The molecule has 0 radical (unpaired) electrons. The highest BCUT2D eigenvalue weighted by Crippen LogP contribution is 2.37. The van der Waals surface area contributed by atoms with Crippen LogP contribution >= 0.6 is 0 Å². The van der Waals surface area contributed by atoms with E-state index in [2.05, 4.69) is 15.3 Å². The first-order valence-corrected chi connectivity index (χ1v) is 9.88. The molecule has 8 heteroatoms. The molecule has 1 aliphatic heterocycles. The Hall–Kier alpha value is -3.91. The van der Waals surface area contributed by atoms with E-state index in [1.807, 2.05) is 53.1 Å². The molecule has 2 aromatic carbocycles. The molecular weight excluding hydrogens is 394 g/mol. The average Bonchev–Trinajstić information content (AvgIpc) is 3.37. The Morgan fingerprint density at radius 3 is 2.84 bits per heavy atom. The molecule has 4 aromatic rings. The number of carbonyl (C=O) groups excluding carboxylic acids is 1. The zero-order valence-corrected chi connectivity index (χ0v) is 17.0.